The number of fused-ring (bicyclic) bond motifs is 4. The molecule has 0 saturated carbocycles. The lowest BCUT2D eigenvalue weighted by atomic mass is 9.80. The molecule has 0 radical (unpaired) electrons. The van der Waals surface area contributed by atoms with E-state index >= 15 is 0 Å². The maximum Gasteiger partial charge on any atom is 0.0355 e. The molecule has 7 rings (SSSR count). The molecule has 1 aliphatic carbocycles. The van der Waals surface area contributed by atoms with Crippen molar-refractivity contribution in [1.82, 2.24) is 0 Å². The molecule has 0 unspecified atom stereocenters. The van der Waals surface area contributed by atoms with E-state index in [0.29, 0.717) is 5.92 Å². The van der Waals surface area contributed by atoms with E-state index in [4.69, 9.17) is 0 Å². The Kier molecular flexibility index (Phi) is 19.5. The maximum absolute atomic E-state index is 4.12. The molecular formula is C59H70S. The first kappa shape index (κ1) is 48.9. The number of hydrogen-bond donors (Lipinski definition) is 0. The van der Waals surface area contributed by atoms with E-state index in [9.17, 15) is 0 Å². The molecule has 1 aromatic heterocycles. The van der Waals surface area contributed by atoms with Gasteiger partial charge in [0.25, 0.3) is 0 Å². The first-order valence-electron chi connectivity index (χ1n) is 21.4. The van der Waals surface area contributed by atoms with Crippen LogP contribution in [0.15, 0.2) is 159 Å². The van der Waals surface area contributed by atoms with Gasteiger partial charge >= 0.3 is 0 Å². The minimum Gasteiger partial charge on any atom is -0.136 e. The van der Waals surface area contributed by atoms with Crippen LogP contribution in [0.2, 0.25) is 0 Å². The van der Waals surface area contributed by atoms with E-state index in [0.717, 1.165) is 17.4 Å². The fourth-order valence-electron chi connectivity index (χ4n) is 7.53. The van der Waals surface area contributed by atoms with Crippen LogP contribution < -0.4 is 9.75 Å². The zero-order valence-electron chi connectivity index (χ0n) is 38.6. The highest BCUT2D eigenvalue weighted by atomic mass is 32.1. The molecule has 0 bridgehead atoms. The van der Waals surface area contributed by atoms with Crippen LogP contribution in [0.25, 0.3) is 45.5 Å². The lowest BCUT2D eigenvalue weighted by Gasteiger charge is -2.23. The number of aryl methyl sites for hydroxylation is 4. The predicted molar refractivity (Wildman–Crippen MR) is 275 cm³/mol. The summed E-state index contributed by atoms with van der Waals surface area (Å²) in [5.41, 5.74) is 15.9. The second-order valence-corrected chi connectivity index (χ2v) is 17.2. The molecule has 0 fully saturated rings. The summed E-state index contributed by atoms with van der Waals surface area (Å²) < 4.78 is 2.46. The molecule has 0 saturated heterocycles. The smallest absolute Gasteiger partial charge is 0.0355 e. The number of allylic oxidation sites excluding steroid dienone is 5. The van der Waals surface area contributed by atoms with Crippen LogP contribution in [-0.2, 0) is 5.41 Å². The van der Waals surface area contributed by atoms with Crippen molar-refractivity contribution in [2.24, 2.45) is 5.92 Å². The summed E-state index contributed by atoms with van der Waals surface area (Å²) in [5, 5.41) is 2.59. The lowest BCUT2D eigenvalue weighted by molar-refractivity contribution is 0.659. The van der Waals surface area contributed by atoms with Crippen LogP contribution in [0, 0.1) is 33.6 Å². The Morgan fingerprint density at radius 3 is 1.73 bits per heavy atom. The highest BCUT2D eigenvalue weighted by Gasteiger charge is 2.37. The fourth-order valence-corrected chi connectivity index (χ4v) is 8.56. The molecule has 1 heterocycles. The molecule has 5 aromatic carbocycles. The molecule has 0 N–H and O–H groups in total. The van der Waals surface area contributed by atoms with Gasteiger partial charge in [-0.1, -0.05) is 224 Å². The molecule has 1 heteroatoms. The van der Waals surface area contributed by atoms with Crippen molar-refractivity contribution >= 4 is 45.7 Å². The molecule has 6 aromatic rings. The van der Waals surface area contributed by atoms with Gasteiger partial charge in [-0.2, -0.15) is 0 Å². The average molecular weight is 811 g/mol. The zero-order valence-corrected chi connectivity index (χ0v) is 39.4. The highest BCUT2D eigenvalue weighted by Crippen LogP contribution is 2.51. The number of hydrogen-bond acceptors (Lipinski definition) is 1. The Bertz CT molecular complexity index is 2460. The van der Waals surface area contributed by atoms with Gasteiger partial charge in [0.2, 0.25) is 0 Å². The quantitative estimate of drug-likeness (QED) is 0.141. The van der Waals surface area contributed by atoms with Crippen molar-refractivity contribution in [3.05, 3.63) is 213 Å². The van der Waals surface area contributed by atoms with Gasteiger partial charge in [-0.15, -0.1) is 11.3 Å². The van der Waals surface area contributed by atoms with Crippen LogP contribution >= 0.6 is 11.3 Å². The summed E-state index contributed by atoms with van der Waals surface area (Å²) in [6, 6.07) is 38.1. The van der Waals surface area contributed by atoms with Gasteiger partial charge in [-0.05, 0) is 110 Å². The topological polar surface area (TPSA) is 0 Å². The Morgan fingerprint density at radius 2 is 1.27 bits per heavy atom. The molecule has 0 aliphatic heterocycles. The molecule has 0 nitrogen and oxygen atoms in total. The van der Waals surface area contributed by atoms with Crippen molar-refractivity contribution in [3.63, 3.8) is 0 Å². The van der Waals surface area contributed by atoms with Crippen LogP contribution in [0.4, 0.5) is 0 Å². The van der Waals surface area contributed by atoms with E-state index in [2.05, 4.69) is 194 Å². The van der Waals surface area contributed by atoms with Crippen molar-refractivity contribution in [1.29, 1.82) is 0 Å². The number of thiophene rings is 1. The number of rotatable bonds is 7. The second kappa shape index (κ2) is 23.9. The third-order valence-electron chi connectivity index (χ3n) is 10.8. The summed E-state index contributed by atoms with van der Waals surface area (Å²) in [5.74, 6) is 0.663. The van der Waals surface area contributed by atoms with E-state index in [1.54, 1.807) is 11.3 Å². The molecule has 0 spiro atoms. The van der Waals surface area contributed by atoms with E-state index in [1.165, 1.54) is 82.1 Å². The van der Waals surface area contributed by atoms with Gasteiger partial charge in [0.05, 0.1) is 0 Å². The van der Waals surface area contributed by atoms with Gasteiger partial charge in [0, 0.05) is 25.3 Å². The highest BCUT2D eigenvalue weighted by molar-refractivity contribution is 7.17. The third kappa shape index (κ3) is 12.8. The minimum absolute atomic E-state index is 0.0406. The van der Waals surface area contributed by atoms with Crippen molar-refractivity contribution < 1.29 is 0 Å². The first-order chi connectivity index (χ1) is 28.7. The average Bonchev–Trinajstić information content (AvgIpc) is 3.68. The fraction of sp³-hybridized carbons (Fsp3) is 0.254. The van der Waals surface area contributed by atoms with Crippen molar-refractivity contribution in [2.45, 2.75) is 94.4 Å². The van der Waals surface area contributed by atoms with Crippen molar-refractivity contribution in [3.8, 4) is 11.1 Å². The van der Waals surface area contributed by atoms with Crippen LogP contribution in [-0.4, -0.2) is 0 Å². The van der Waals surface area contributed by atoms with Gasteiger partial charge in [-0.3, -0.25) is 0 Å². The summed E-state index contributed by atoms with van der Waals surface area (Å²) in [6.07, 6.45) is 14.6. The van der Waals surface area contributed by atoms with E-state index < -0.39 is 0 Å². The minimum atomic E-state index is 0.0406. The van der Waals surface area contributed by atoms with Gasteiger partial charge < -0.3 is 0 Å². The van der Waals surface area contributed by atoms with E-state index in [-0.39, 0.29) is 5.41 Å². The van der Waals surface area contributed by atoms with Crippen LogP contribution in [0.1, 0.15) is 106 Å². The summed E-state index contributed by atoms with van der Waals surface area (Å²) in [4.78, 5) is 0. The summed E-state index contributed by atoms with van der Waals surface area (Å²) in [6.45, 7) is 40.0. The third-order valence-corrected chi connectivity index (χ3v) is 11.8. The SMILES string of the molecule is C/C=C\C(=C/CC)C(C)C.C=C/C(CC)=c1\c(=C)sc2ccccc12.C=Cc1c(C)cc2c(c1C=C)-c1ccc(C)cc1C2(C)C.Cc1ccccc1.Cc1ccccc1. The first-order valence-corrected chi connectivity index (χ1v) is 22.2. The van der Waals surface area contributed by atoms with Gasteiger partial charge in [0.1, 0.15) is 0 Å². The van der Waals surface area contributed by atoms with Crippen LogP contribution in [0.3, 0.4) is 0 Å². The molecule has 0 amide bonds. The monoisotopic (exact) mass is 811 g/mol. The second-order valence-electron chi connectivity index (χ2n) is 16.1. The van der Waals surface area contributed by atoms with Gasteiger partial charge in [-0.25, -0.2) is 0 Å². The Morgan fingerprint density at radius 1 is 0.700 bits per heavy atom. The largest absolute Gasteiger partial charge is 0.136 e. The normalized spacial score (nSPS) is 12.6. The lowest BCUT2D eigenvalue weighted by Crippen LogP contribution is -2.19. The summed E-state index contributed by atoms with van der Waals surface area (Å²) >= 11 is 1.76. The molecular weight excluding hydrogens is 741 g/mol. The van der Waals surface area contributed by atoms with Crippen molar-refractivity contribution in [2.75, 3.05) is 0 Å². The predicted octanol–water partition coefficient (Wildman–Crippen LogP) is 16.5. The molecule has 0 atom stereocenters. The van der Waals surface area contributed by atoms with Crippen LogP contribution in [0.5, 0.6) is 0 Å². The number of benzene rings is 5. The Hall–Kier alpha value is -5.50. The standard InChI is InChI=1S/C21H22.C14H14S.C10H18.2C7H8/c1-7-15-14(4)12-19-20(16(15)8-2)17-10-9-13(3)11-18(17)21(19,5)6;1-4-11(5-2)14-10(3)15-13-9-7-6-8-12(13)14;1-5-7-10(8-6-2)9(3)4;2*1-7-5-3-2-4-6-7/h7-12H,1-2H2,3-6H3;4,6-9H,1,3,5H2,2H3;5,7-9H,6H2,1-4H3;2*2-6H,1H3/b;14-11-;7-5-,10-8+;;. The Balaban J connectivity index is 0.000000215. The molecule has 312 valence electrons. The maximum atomic E-state index is 4.12. The Labute approximate surface area is 368 Å². The summed E-state index contributed by atoms with van der Waals surface area (Å²) in [7, 11) is 0. The zero-order chi connectivity index (χ0) is 44.4. The molecule has 60 heavy (non-hydrogen) atoms. The van der Waals surface area contributed by atoms with E-state index in [1.807, 2.05) is 54.6 Å². The molecule has 1 aliphatic rings. The van der Waals surface area contributed by atoms with Gasteiger partial charge in [0.15, 0.2) is 0 Å².